The molecule has 7 nitrogen and oxygen atoms in total. The van der Waals surface area contributed by atoms with Gasteiger partial charge in [0.2, 0.25) is 0 Å². The van der Waals surface area contributed by atoms with E-state index in [4.69, 9.17) is 9.15 Å². The molecule has 164 valence electrons. The largest absolute Gasteiger partial charge is 0.507 e. The van der Waals surface area contributed by atoms with E-state index in [1.54, 1.807) is 61.7 Å². The number of pyridine rings is 1. The number of likely N-dealkylation sites (tertiary alicyclic amines) is 1. The van der Waals surface area contributed by atoms with E-state index in [1.165, 1.54) is 4.90 Å². The maximum Gasteiger partial charge on any atom is 0.296 e. The van der Waals surface area contributed by atoms with E-state index in [2.05, 4.69) is 4.98 Å². The Kier molecular flexibility index (Phi) is 5.81. The first kappa shape index (κ1) is 21.4. The van der Waals surface area contributed by atoms with Gasteiger partial charge in [-0.25, -0.2) is 0 Å². The van der Waals surface area contributed by atoms with Crippen molar-refractivity contribution in [3.8, 4) is 5.75 Å². The van der Waals surface area contributed by atoms with Crippen LogP contribution in [0.15, 0.2) is 70.8 Å². The zero-order chi connectivity index (χ0) is 22.8. The average Bonchev–Trinajstić information content (AvgIpc) is 3.30. The Balaban J connectivity index is 1.82. The number of carbonyl (C=O) groups is 2. The van der Waals surface area contributed by atoms with Crippen LogP contribution >= 0.6 is 0 Å². The number of aryl methyl sites for hydroxylation is 1. The van der Waals surface area contributed by atoms with Crippen molar-refractivity contribution in [2.75, 3.05) is 0 Å². The number of furan rings is 1. The fourth-order valence-corrected chi connectivity index (χ4v) is 3.75. The van der Waals surface area contributed by atoms with E-state index in [0.29, 0.717) is 28.5 Å². The van der Waals surface area contributed by atoms with Crippen LogP contribution in [0.5, 0.6) is 5.75 Å². The zero-order valence-corrected chi connectivity index (χ0v) is 18.1. The highest BCUT2D eigenvalue weighted by Gasteiger charge is 2.47. The summed E-state index contributed by atoms with van der Waals surface area (Å²) >= 11 is 0. The molecule has 2 aromatic heterocycles. The lowest BCUT2D eigenvalue weighted by Gasteiger charge is -2.23. The second-order valence-electron chi connectivity index (χ2n) is 7.89. The molecule has 1 unspecified atom stereocenters. The highest BCUT2D eigenvalue weighted by Crippen LogP contribution is 2.41. The SMILES string of the molecule is Cc1ccc(C2/C(=C(/O)c3cccc(OC(C)C)c3)C(=O)C(=O)N2Cc2ccccn2)o1. The van der Waals surface area contributed by atoms with E-state index in [0.717, 1.165) is 0 Å². The molecule has 1 aliphatic heterocycles. The van der Waals surface area contributed by atoms with Crippen molar-refractivity contribution in [1.29, 1.82) is 0 Å². The van der Waals surface area contributed by atoms with E-state index < -0.39 is 17.7 Å². The molecule has 1 saturated heterocycles. The van der Waals surface area contributed by atoms with Crippen LogP contribution < -0.4 is 4.74 Å². The summed E-state index contributed by atoms with van der Waals surface area (Å²) in [7, 11) is 0. The van der Waals surface area contributed by atoms with Gasteiger partial charge in [-0.1, -0.05) is 18.2 Å². The van der Waals surface area contributed by atoms with E-state index >= 15 is 0 Å². The molecule has 1 N–H and O–H groups in total. The molecule has 32 heavy (non-hydrogen) atoms. The van der Waals surface area contributed by atoms with Gasteiger partial charge in [-0.05, 0) is 57.2 Å². The quantitative estimate of drug-likeness (QED) is 0.353. The summed E-state index contributed by atoms with van der Waals surface area (Å²) in [6.45, 7) is 5.67. The van der Waals surface area contributed by atoms with Crippen LogP contribution in [0.3, 0.4) is 0 Å². The minimum atomic E-state index is -0.875. The Morgan fingerprint density at radius 3 is 2.62 bits per heavy atom. The van der Waals surface area contributed by atoms with Crippen LogP contribution in [-0.2, 0) is 16.1 Å². The summed E-state index contributed by atoms with van der Waals surface area (Å²) in [5.41, 5.74) is 0.976. The molecular weight excluding hydrogens is 408 g/mol. The van der Waals surface area contributed by atoms with Gasteiger partial charge in [-0.3, -0.25) is 14.6 Å². The lowest BCUT2D eigenvalue weighted by atomic mass is 9.99. The number of amides is 1. The Bertz CT molecular complexity index is 1180. The van der Waals surface area contributed by atoms with Crippen molar-refractivity contribution < 1.29 is 23.8 Å². The molecule has 1 atom stereocenters. The van der Waals surface area contributed by atoms with E-state index in [1.807, 2.05) is 19.9 Å². The van der Waals surface area contributed by atoms with Gasteiger partial charge in [0, 0.05) is 11.8 Å². The predicted octanol–water partition coefficient (Wildman–Crippen LogP) is 4.39. The van der Waals surface area contributed by atoms with Gasteiger partial charge in [0.1, 0.15) is 29.1 Å². The van der Waals surface area contributed by atoms with E-state index in [9.17, 15) is 14.7 Å². The van der Waals surface area contributed by atoms with Crippen molar-refractivity contribution in [2.45, 2.75) is 39.5 Å². The standard InChI is InChI=1S/C25H24N2O5/c1-15(2)31-19-9-6-7-17(13-19)23(28)21-22(20-11-10-16(3)32-20)27(25(30)24(21)29)14-18-8-4-5-12-26-18/h4-13,15,22,28H,14H2,1-3H3/b23-21-. The summed E-state index contributed by atoms with van der Waals surface area (Å²) in [5.74, 6) is -0.180. The third-order valence-electron chi connectivity index (χ3n) is 5.11. The van der Waals surface area contributed by atoms with Gasteiger partial charge in [0.05, 0.1) is 23.9 Å². The minimum absolute atomic E-state index is 0.0259. The summed E-state index contributed by atoms with van der Waals surface area (Å²) in [4.78, 5) is 31.7. The van der Waals surface area contributed by atoms with Crippen LogP contribution in [0.1, 0.15) is 42.7 Å². The predicted molar refractivity (Wildman–Crippen MR) is 118 cm³/mol. The summed E-state index contributed by atoms with van der Waals surface area (Å²) in [6, 6.07) is 14.8. The fraction of sp³-hybridized carbons (Fsp3) is 0.240. The third-order valence-corrected chi connectivity index (χ3v) is 5.11. The molecule has 3 aromatic rings. The molecule has 1 aliphatic rings. The van der Waals surface area contributed by atoms with Gasteiger partial charge < -0.3 is 19.2 Å². The Morgan fingerprint density at radius 1 is 1.16 bits per heavy atom. The smallest absolute Gasteiger partial charge is 0.296 e. The van der Waals surface area contributed by atoms with Gasteiger partial charge in [-0.15, -0.1) is 0 Å². The molecule has 0 radical (unpaired) electrons. The molecule has 7 heteroatoms. The Hall–Kier alpha value is -3.87. The van der Waals surface area contributed by atoms with Gasteiger partial charge in [-0.2, -0.15) is 0 Å². The molecule has 0 bridgehead atoms. The number of aliphatic hydroxyl groups excluding tert-OH is 1. The van der Waals surface area contributed by atoms with Gasteiger partial charge in [0.15, 0.2) is 0 Å². The lowest BCUT2D eigenvalue weighted by molar-refractivity contribution is -0.140. The summed E-state index contributed by atoms with van der Waals surface area (Å²) in [6.07, 6.45) is 1.57. The second-order valence-corrected chi connectivity index (χ2v) is 7.89. The average molecular weight is 432 g/mol. The lowest BCUT2D eigenvalue weighted by Crippen LogP contribution is -2.29. The molecule has 1 fully saturated rings. The van der Waals surface area contributed by atoms with E-state index in [-0.39, 0.29) is 24.0 Å². The van der Waals surface area contributed by atoms with Crippen LogP contribution in [0, 0.1) is 6.92 Å². The molecule has 1 amide bonds. The number of benzene rings is 1. The third kappa shape index (κ3) is 4.14. The summed E-state index contributed by atoms with van der Waals surface area (Å²) in [5, 5.41) is 11.2. The minimum Gasteiger partial charge on any atom is -0.507 e. The Morgan fingerprint density at radius 2 is 1.97 bits per heavy atom. The van der Waals surface area contributed by atoms with Crippen molar-refractivity contribution in [3.63, 3.8) is 0 Å². The number of rotatable bonds is 6. The monoisotopic (exact) mass is 432 g/mol. The molecule has 1 aromatic carbocycles. The summed E-state index contributed by atoms with van der Waals surface area (Å²) < 4.78 is 11.5. The molecule has 4 rings (SSSR count). The first-order chi connectivity index (χ1) is 15.3. The van der Waals surface area contributed by atoms with Gasteiger partial charge >= 0.3 is 0 Å². The van der Waals surface area contributed by atoms with Crippen molar-refractivity contribution in [2.24, 2.45) is 0 Å². The van der Waals surface area contributed by atoms with Crippen molar-refractivity contribution in [3.05, 3.63) is 89.1 Å². The number of nitrogens with zero attached hydrogens (tertiary/aromatic N) is 2. The fourth-order valence-electron chi connectivity index (χ4n) is 3.75. The van der Waals surface area contributed by atoms with Crippen molar-refractivity contribution >= 4 is 17.4 Å². The highest BCUT2D eigenvalue weighted by atomic mass is 16.5. The molecule has 0 aliphatic carbocycles. The first-order valence-electron chi connectivity index (χ1n) is 10.4. The topological polar surface area (TPSA) is 92.9 Å². The number of hydrogen-bond acceptors (Lipinski definition) is 6. The zero-order valence-electron chi connectivity index (χ0n) is 18.1. The number of ketones is 1. The van der Waals surface area contributed by atoms with Crippen molar-refractivity contribution in [1.82, 2.24) is 9.88 Å². The molecule has 3 heterocycles. The van der Waals surface area contributed by atoms with Crippen LogP contribution in [0.25, 0.3) is 5.76 Å². The number of Topliss-reactive ketones (excluding diaryl/α,β-unsaturated/α-hetero) is 1. The maximum atomic E-state index is 13.1. The van der Waals surface area contributed by atoms with Crippen LogP contribution in [0.4, 0.5) is 0 Å². The van der Waals surface area contributed by atoms with Crippen LogP contribution in [0.2, 0.25) is 0 Å². The molecular formula is C25H24N2O5. The Labute approximate surface area is 186 Å². The number of aliphatic hydroxyl groups is 1. The normalized spacial score (nSPS) is 17.9. The number of hydrogen-bond donors (Lipinski definition) is 1. The number of carbonyl (C=O) groups excluding carboxylic acids is 2. The second kappa shape index (κ2) is 8.70. The van der Waals surface area contributed by atoms with Gasteiger partial charge in [0.25, 0.3) is 11.7 Å². The van der Waals surface area contributed by atoms with Crippen LogP contribution in [-0.4, -0.2) is 32.8 Å². The molecule has 0 spiro atoms. The maximum absolute atomic E-state index is 13.1. The number of aromatic nitrogens is 1. The number of ether oxygens (including phenoxy) is 1. The molecule has 0 saturated carbocycles. The highest BCUT2D eigenvalue weighted by molar-refractivity contribution is 6.46. The first-order valence-corrected chi connectivity index (χ1v) is 10.4.